The zero-order valence-electron chi connectivity index (χ0n) is 20.8. The Bertz CT molecular complexity index is 1310. The number of nitrogens with zero attached hydrogens (tertiary/aromatic N) is 4. The molecule has 0 saturated carbocycles. The molecule has 4 rings (SSSR count). The average molecular weight is 559 g/mol. The summed E-state index contributed by atoms with van der Waals surface area (Å²) in [5.74, 6) is 3.73. The van der Waals surface area contributed by atoms with Crippen molar-refractivity contribution in [1.29, 1.82) is 0 Å². The van der Waals surface area contributed by atoms with Gasteiger partial charge in [-0.25, -0.2) is 10.6 Å². The van der Waals surface area contributed by atoms with E-state index in [1.54, 1.807) is 53.1 Å². The third kappa shape index (κ3) is 7.34. The summed E-state index contributed by atoms with van der Waals surface area (Å²) in [7, 11) is 4.92. The van der Waals surface area contributed by atoms with Crippen LogP contribution in [0.1, 0.15) is 50.1 Å². The number of carbonyl (C=O) groups is 4. The molecule has 15 heteroatoms. The van der Waals surface area contributed by atoms with Gasteiger partial charge in [-0.1, -0.05) is 0 Å². The normalized spacial score (nSPS) is 10.2. The molecule has 4 heterocycles. The molecule has 0 atom stereocenters. The van der Waals surface area contributed by atoms with Crippen molar-refractivity contribution in [3.05, 3.63) is 79.7 Å². The first-order valence-corrected chi connectivity index (χ1v) is 12.7. The Hall–Kier alpha value is -4.34. The Morgan fingerprint density at radius 1 is 0.763 bits per heavy atom. The molecule has 0 radical (unpaired) electrons. The Balaban J connectivity index is 0.000000211. The third-order valence-corrected chi connectivity index (χ3v) is 7.25. The van der Waals surface area contributed by atoms with Crippen LogP contribution in [0.15, 0.2) is 48.8 Å². The lowest BCUT2D eigenvalue weighted by molar-refractivity contribution is 0.0606. The topological polar surface area (TPSA) is 175 Å². The van der Waals surface area contributed by atoms with Gasteiger partial charge >= 0.3 is 5.97 Å². The number of hydrogen-bond donors (Lipinski definition) is 4. The number of hydrogen-bond acceptors (Lipinski definition) is 10. The summed E-state index contributed by atoms with van der Waals surface area (Å²) in [5, 5.41) is 13.6. The second kappa shape index (κ2) is 13.3. The highest BCUT2D eigenvalue weighted by atomic mass is 32.1. The lowest BCUT2D eigenvalue weighted by atomic mass is 10.3. The SMILES string of the molecule is COC(=O)c1ccc(C(=O)NCc2ccnn2C)s1.Cn1nccc1CNC(=O)c1ccc(C(=O)NN)s1. The van der Waals surface area contributed by atoms with Crippen molar-refractivity contribution < 1.29 is 23.9 Å². The van der Waals surface area contributed by atoms with Crippen LogP contribution in [0.2, 0.25) is 0 Å². The van der Waals surface area contributed by atoms with E-state index < -0.39 is 11.9 Å². The number of aromatic nitrogens is 4. The van der Waals surface area contributed by atoms with Crippen molar-refractivity contribution in [2.45, 2.75) is 13.1 Å². The standard InChI is InChI=1S/C12H13N3O3S.C11H13N5O2S/c1-15-8(5-6-14-15)7-13-11(16)9-3-4-10(19-9)12(17)18-2;1-16-7(4-5-14-16)6-13-10(17)8-2-3-9(19-8)11(18)15-12/h3-6H,7H2,1-2H3,(H,13,16);2-5H,6,12H2,1H3,(H,13,17)(H,15,18). The minimum atomic E-state index is -0.435. The van der Waals surface area contributed by atoms with Gasteiger partial charge in [-0.15, -0.1) is 22.7 Å². The summed E-state index contributed by atoms with van der Waals surface area (Å²) in [6.07, 6.45) is 3.33. The first-order valence-electron chi connectivity index (χ1n) is 11.0. The van der Waals surface area contributed by atoms with Crippen molar-refractivity contribution in [2.75, 3.05) is 7.11 Å². The van der Waals surface area contributed by atoms with Crippen LogP contribution >= 0.6 is 22.7 Å². The summed E-state index contributed by atoms with van der Waals surface area (Å²) in [5.41, 5.74) is 3.82. The molecule has 0 aliphatic heterocycles. The summed E-state index contributed by atoms with van der Waals surface area (Å²) < 4.78 is 7.96. The molecule has 200 valence electrons. The molecule has 0 aromatic carbocycles. The minimum Gasteiger partial charge on any atom is -0.465 e. The molecular weight excluding hydrogens is 532 g/mol. The van der Waals surface area contributed by atoms with Gasteiger partial charge in [0, 0.05) is 26.5 Å². The number of amides is 3. The molecule has 0 fully saturated rings. The predicted molar refractivity (Wildman–Crippen MR) is 140 cm³/mol. The van der Waals surface area contributed by atoms with Gasteiger partial charge in [0.25, 0.3) is 17.7 Å². The van der Waals surface area contributed by atoms with Gasteiger partial charge in [0.05, 0.1) is 46.2 Å². The molecule has 0 aliphatic rings. The van der Waals surface area contributed by atoms with E-state index in [1.807, 2.05) is 24.6 Å². The van der Waals surface area contributed by atoms with E-state index in [0.717, 1.165) is 34.1 Å². The molecule has 0 unspecified atom stereocenters. The van der Waals surface area contributed by atoms with E-state index in [9.17, 15) is 19.2 Å². The lowest BCUT2D eigenvalue weighted by Crippen LogP contribution is -2.29. The van der Waals surface area contributed by atoms with Crippen molar-refractivity contribution >= 4 is 46.4 Å². The monoisotopic (exact) mass is 558 g/mol. The number of nitrogen functional groups attached to an aromatic ring is 1. The maximum atomic E-state index is 11.9. The van der Waals surface area contributed by atoms with Crippen LogP contribution in [-0.4, -0.2) is 50.4 Å². The van der Waals surface area contributed by atoms with Crippen molar-refractivity contribution in [3.63, 3.8) is 0 Å². The second-order valence-electron chi connectivity index (χ2n) is 7.55. The maximum absolute atomic E-state index is 11.9. The summed E-state index contributed by atoms with van der Waals surface area (Å²) >= 11 is 2.19. The van der Waals surface area contributed by atoms with E-state index in [1.165, 1.54) is 7.11 Å². The molecule has 38 heavy (non-hydrogen) atoms. The van der Waals surface area contributed by atoms with Gasteiger partial charge in [0.15, 0.2) is 0 Å². The van der Waals surface area contributed by atoms with Crippen LogP contribution in [0.5, 0.6) is 0 Å². The zero-order chi connectivity index (χ0) is 27.7. The third-order valence-electron chi connectivity index (χ3n) is 5.11. The average Bonchev–Trinajstić information content (AvgIpc) is 3.73. The highest BCUT2D eigenvalue weighted by Gasteiger charge is 2.15. The number of ether oxygens (including phenoxy) is 1. The number of hydrazine groups is 1. The molecule has 0 aliphatic carbocycles. The van der Waals surface area contributed by atoms with Crippen LogP contribution in [0.25, 0.3) is 0 Å². The number of carbonyl (C=O) groups excluding carboxylic acids is 4. The molecule has 4 aromatic rings. The highest BCUT2D eigenvalue weighted by molar-refractivity contribution is 7.16. The van der Waals surface area contributed by atoms with E-state index in [2.05, 4.69) is 25.6 Å². The first kappa shape index (κ1) is 28.2. The van der Waals surface area contributed by atoms with Crippen LogP contribution in [0, 0.1) is 0 Å². The molecule has 0 saturated heterocycles. The van der Waals surface area contributed by atoms with E-state index in [4.69, 9.17) is 5.84 Å². The van der Waals surface area contributed by atoms with E-state index in [-0.39, 0.29) is 11.8 Å². The number of nitrogens with two attached hydrogens (primary N) is 1. The fourth-order valence-corrected chi connectivity index (χ4v) is 4.65. The fourth-order valence-electron chi connectivity index (χ4n) is 2.99. The van der Waals surface area contributed by atoms with Gasteiger partial charge < -0.3 is 15.4 Å². The zero-order valence-corrected chi connectivity index (χ0v) is 22.4. The van der Waals surface area contributed by atoms with E-state index in [0.29, 0.717) is 32.6 Å². The van der Waals surface area contributed by atoms with Gasteiger partial charge in [-0.2, -0.15) is 10.2 Å². The van der Waals surface area contributed by atoms with Crippen LogP contribution in [-0.2, 0) is 31.9 Å². The number of aryl methyl sites for hydroxylation is 2. The highest BCUT2D eigenvalue weighted by Crippen LogP contribution is 2.18. The van der Waals surface area contributed by atoms with Gasteiger partial charge in [-0.05, 0) is 36.4 Å². The maximum Gasteiger partial charge on any atom is 0.348 e. The second-order valence-corrected chi connectivity index (χ2v) is 9.72. The number of esters is 1. The Kier molecular flexibility index (Phi) is 9.86. The van der Waals surface area contributed by atoms with Gasteiger partial charge in [0.2, 0.25) is 0 Å². The minimum absolute atomic E-state index is 0.221. The van der Waals surface area contributed by atoms with Crippen molar-refractivity contribution in [3.8, 4) is 0 Å². The predicted octanol–water partition coefficient (Wildman–Crippen LogP) is 1.21. The van der Waals surface area contributed by atoms with Gasteiger partial charge in [-0.3, -0.25) is 29.2 Å². The molecule has 0 bridgehead atoms. The number of methoxy groups -OCH3 is 1. The van der Waals surface area contributed by atoms with Gasteiger partial charge in [0.1, 0.15) is 4.88 Å². The summed E-state index contributed by atoms with van der Waals surface area (Å²) in [6.45, 7) is 0.770. The molecular formula is C23H26N8O5S2. The van der Waals surface area contributed by atoms with Crippen LogP contribution in [0.3, 0.4) is 0 Å². The largest absolute Gasteiger partial charge is 0.465 e. The van der Waals surface area contributed by atoms with Crippen molar-refractivity contribution in [2.24, 2.45) is 19.9 Å². The number of rotatable bonds is 8. The molecule has 5 N–H and O–H groups in total. The Morgan fingerprint density at radius 3 is 1.58 bits per heavy atom. The quantitative estimate of drug-likeness (QED) is 0.108. The summed E-state index contributed by atoms with van der Waals surface area (Å²) in [6, 6.07) is 9.99. The molecule has 4 aromatic heterocycles. The van der Waals surface area contributed by atoms with Crippen molar-refractivity contribution in [1.82, 2.24) is 35.6 Å². The van der Waals surface area contributed by atoms with Crippen LogP contribution in [0.4, 0.5) is 0 Å². The molecule has 0 spiro atoms. The lowest BCUT2D eigenvalue weighted by Gasteiger charge is -2.03. The smallest absolute Gasteiger partial charge is 0.348 e. The summed E-state index contributed by atoms with van der Waals surface area (Å²) in [4.78, 5) is 48.1. The number of thiophene rings is 2. The fraction of sp³-hybridized carbons (Fsp3) is 0.217. The Labute approximate surface area is 225 Å². The first-order chi connectivity index (χ1) is 18.2. The molecule has 3 amide bonds. The van der Waals surface area contributed by atoms with E-state index >= 15 is 0 Å². The van der Waals surface area contributed by atoms with Crippen LogP contribution < -0.4 is 21.9 Å². The number of nitrogens with one attached hydrogen (secondary N) is 3. The Morgan fingerprint density at radius 2 is 1.18 bits per heavy atom. The molecule has 13 nitrogen and oxygen atoms in total.